The molecule has 1 aromatic heterocycles. The molecule has 6 nitrogen and oxygen atoms in total. The van der Waals surface area contributed by atoms with Gasteiger partial charge in [-0.1, -0.05) is 11.8 Å². The SMILES string of the molecule is Cc1cnc(NN)nc1Sc1ccc(S(C)(=O)=O)cc1. The van der Waals surface area contributed by atoms with Crippen LogP contribution in [0, 0.1) is 6.92 Å². The number of sulfone groups is 1. The number of anilines is 1. The molecule has 2 rings (SSSR count). The lowest BCUT2D eigenvalue weighted by atomic mass is 10.4. The number of hydrazine groups is 1. The number of nitrogens with zero attached hydrogens (tertiary/aromatic N) is 2. The molecule has 0 saturated heterocycles. The lowest BCUT2D eigenvalue weighted by Gasteiger charge is -2.06. The Labute approximate surface area is 121 Å². The molecular formula is C12H14N4O2S2. The van der Waals surface area contributed by atoms with Crippen molar-refractivity contribution < 1.29 is 8.42 Å². The second-order valence-electron chi connectivity index (χ2n) is 4.17. The number of aromatic nitrogens is 2. The molecule has 20 heavy (non-hydrogen) atoms. The summed E-state index contributed by atoms with van der Waals surface area (Å²) < 4.78 is 22.8. The Morgan fingerprint density at radius 3 is 2.45 bits per heavy atom. The fourth-order valence-electron chi connectivity index (χ4n) is 1.47. The van der Waals surface area contributed by atoms with Gasteiger partial charge in [-0.25, -0.2) is 24.2 Å². The van der Waals surface area contributed by atoms with E-state index in [0.29, 0.717) is 10.8 Å². The van der Waals surface area contributed by atoms with Crippen molar-refractivity contribution in [1.29, 1.82) is 0 Å². The maximum atomic E-state index is 11.4. The number of nitrogens with one attached hydrogen (secondary N) is 1. The van der Waals surface area contributed by atoms with Crippen molar-refractivity contribution in [3.8, 4) is 0 Å². The quantitative estimate of drug-likeness (QED) is 0.503. The monoisotopic (exact) mass is 310 g/mol. The van der Waals surface area contributed by atoms with Crippen LogP contribution in [0.4, 0.5) is 5.95 Å². The van der Waals surface area contributed by atoms with Crippen LogP contribution in [-0.2, 0) is 9.84 Å². The smallest absolute Gasteiger partial charge is 0.238 e. The first-order chi connectivity index (χ1) is 9.40. The first kappa shape index (κ1) is 14.8. The van der Waals surface area contributed by atoms with Gasteiger partial charge in [-0.15, -0.1) is 0 Å². The number of hydrogen-bond donors (Lipinski definition) is 2. The third-order valence-corrected chi connectivity index (χ3v) is 4.76. The summed E-state index contributed by atoms with van der Waals surface area (Å²) in [6.07, 6.45) is 2.86. The number of aryl methyl sites for hydroxylation is 1. The minimum absolute atomic E-state index is 0.297. The largest absolute Gasteiger partial charge is 0.292 e. The summed E-state index contributed by atoms with van der Waals surface area (Å²) in [7, 11) is -3.17. The van der Waals surface area contributed by atoms with Gasteiger partial charge >= 0.3 is 0 Å². The molecule has 106 valence electrons. The maximum Gasteiger partial charge on any atom is 0.238 e. The molecule has 0 bridgehead atoms. The topological polar surface area (TPSA) is 98.0 Å². The lowest BCUT2D eigenvalue weighted by Crippen LogP contribution is -2.10. The second-order valence-corrected chi connectivity index (χ2v) is 7.25. The van der Waals surface area contributed by atoms with Crippen LogP contribution >= 0.6 is 11.8 Å². The van der Waals surface area contributed by atoms with Gasteiger partial charge in [0.05, 0.1) is 4.90 Å². The molecule has 3 N–H and O–H groups in total. The van der Waals surface area contributed by atoms with Crippen LogP contribution in [-0.4, -0.2) is 24.6 Å². The highest BCUT2D eigenvalue weighted by atomic mass is 32.2. The fourth-order valence-corrected chi connectivity index (χ4v) is 2.94. The standard InChI is InChI=1S/C12H14N4O2S2/c1-8-7-14-12(16-13)15-11(8)19-9-3-5-10(6-4-9)20(2,17)18/h3-7H,13H2,1-2H3,(H,14,15,16). The zero-order chi connectivity index (χ0) is 14.8. The highest BCUT2D eigenvalue weighted by Crippen LogP contribution is 2.29. The van der Waals surface area contributed by atoms with Crippen LogP contribution < -0.4 is 11.3 Å². The second kappa shape index (κ2) is 5.78. The number of benzene rings is 1. The predicted molar refractivity (Wildman–Crippen MR) is 78.3 cm³/mol. The van der Waals surface area contributed by atoms with Crippen molar-refractivity contribution in [2.75, 3.05) is 11.7 Å². The Balaban J connectivity index is 2.26. The van der Waals surface area contributed by atoms with Crippen LogP contribution in [0.25, 0.3) is 0 Å². The summed E-state index contributed by atoms with van der Waals surface area (Å²) in [5.41, 5.74) is 3.31. The van der Waals surface area contributed by atoms with Crippen LogP contribution in [0.3, 0.4) is 0 Å². The molecule has 0 spiro atoms. The Morgan fingerprint density at radius 2 is 1.90 bits per heavy atom. The van der Waals surface area contributed by atoms with Gasteiger partial charge in [-0.3, -0.25) is 5.43 Å². The van der Waals surface area contributed by atoms with E-state index in [1.807, 2.05) is 6.92 Å². The van der Waals surface area contributed by atoms with Crippen molar-refractivity contribution in [3.05, 3.63) is 36.0 Å². The molecule has 0 aliphatic rings. The summed E-state index contributed by atoms with van der Waals surface area (Å²) in [5, 5.41) is 0.764. The van der Waals surface area contributed by atoms with Gasteiger partial charge in [0.15, 0.2) is 9.84 Å². The van der Waals surface area contributed by atoms with E-state index >= 15 is 0 Å². The van der Waals surface area contributed by atoms with Gasteiger partial charge in [0.1, 0.15) is 5.03 Å². The third-order valence-electron chi connectivity index (χ3n) is 2.52. The minimum Gasteiger partial charge on any atom is -0.292 e. The van der Waals surface area contributed by atoms with Gasteiger partial charge in [0.2, 0.25) is 5.95 Å². The molecule has 0 fully saturated rings. The predicted octanol–water partition coefficient (Wildman–Crippen LogP) is 1.63. The summed E-state index contributed by atoms with van der Waals surface area (Å²) in [5.74, 6) is 5.62. The van der Waals surface area contributed by atoms with E-state index in [4.69, 9.17) is 5.84 Å². The molecule has 0 radical (unpaired) electrons. The molecule has 0 unspecified atom stereocenters. The summed E-state index contributed by atoms with van der Waals surface area (Å²) >= 11 is 1.42. The number of rotatable bonds is 4. The zero-order valence-electron chi connectivity index (χ0n) is 11.0. The molecule has 2 aromatic rings. The average Bonchev–Trinajstić information content (AvgIpc) is 2.41. The highest BCUT2D eigenvalue weighted by molar-refractivity contribution is 7.99. The van der Waals surface area contributed by atoms with E-state index in [0.717, 1.165) is 15.5 Å². The molecule has 0 aliphatic carbocycles. The van der Waals surface area contributed by atoms with Crippen molar-refractivity contribution in [3.63, 3.8) is 0 Å². The molecular weight excluding hydrogens is 296 g/mol. The van der Waals surface area contributed by atoms with Crippen molar-refractivity contribution >= 4 is 27.5 Å². The van der Waals surface area contributed by atoms with E-state index in [1.54, 1.807) is 30.5 Å². The first-order valence-corrected chi connectivity index (χ1v) is 8.39. The van der Waals surface area contributed by atoms with Gasteiger partial charge < -0.3 is 0 Å². The molecule has 0 aliphatic heterocycles. The average molecular weight is 310 g/mol. The minimum atomic E-state index is -3.17. The summed E-state index contributed by atoms with van der Waals surface area (Å²) in [4.78, 5) is 9.45. The number of nitrogens with two attached hydrogens (primary N) is 1. The Bertz CT molecular complexity index is 715. The Kier molecular flexibility index (Phi) is 4.26. The van der Waals surface area contributed by atoms with Crippen molar-refractivity contribution in [1.82, 2.24) is 9.97 Å². The molecule has 8 heteroatoms. The van der Waals surface area contributed by atoms with Gasteiger partial charge in [0.25, 0.3) is 0 Å². The van der Waals surface area contributed by atoms with Gasteiger partial charge in [0, 0.05) is 22.9 Å². The molecule has 0 amide bonds. The van der Waals surface area contributed by atoms with Crippen LogP contribution in [0.5, 0.6) is 0 Å². The molecule has 1 aromatic carbocycles. The van der Waals surface area contributed by atoms with Crippen molar-refractivity contribution in [2.24, 2.45) is 5.84 Å². The van der Waals surface area contributed by atoms with Gasteiger partial charge in [-0.05, 0) is 31.2 Å². The Morgan fingerprint density at radius 1 is 1.25 bits per heavy atom. The lowest BCUT2D eigenvalue weighted by molar-refractivity contribution is 0.602. The Hall–Kier alpha value is -1.64. The highest BCUT2D eigenvalue weighted by Gasteiger charge is 2.09. The fraction of sp³-hybridized carbons (Fsp3) is 0.167. The van der Waals surface area contributed by atoms with Crippen molar-refractivity contribution in [2.45, 2.75) is 21.7 Å². The summed E-state index contributed by atoms with van der Waals surface area (Å²) in [6.45, 7) is 1.90. The van der Waals surface area contributed by atoms with E-state index in [1.165, 1.54) is 18.0 Å². The molecule has 0 atom stereocenters. The van der Waals surface area contributed by atoms with Crippen LogP contribution in [0.1, 0.15) is 5.56 Å². The van der Waals surface area contributed by atoms with Crippen LogP contribution in [0.15, 0.2) is 45.3 Å². The van der Waals surface area contributed by atoms with E-state index < -0.39 is 9.84 Å². The van der Waals surface area contributed by atoms with Crippen LogP contribution in [0.2, 0.25) is 0 Å². The van der Waals surface area contributed by atoms with E-state index in [9.17, 15) is 8.42 Å². The third kappa shape index (κ3) is 3.47. The zero-order valence-corrected chi connectivity index (χ0v) is 12.6. The number of nitrogen functional groups attached to an aromatic ring is 1. The van der Waals surface area contributed by atoms with Gasteiger partial charge in [-0.2, -0.15) is 0 Å². The van der Waals surface area contributed by atoms with E-state index in [-0.39, 0.29) is 0 Å². The number of hydrogen-bond acceptors (Lipinski definition) is 7. The first-order valence-electron chi connectivity index (χ1n) is 5.68. The maximum absolute atomic E-state index is 11.4. The summed E-state index contributed by atoms with van der Waals surface area (Å²) in [6, 6.07) is 6.66. The van der Waals surface area contributed by atoms with E-state index in [2.05, 4.69) is 15.4 Å². The normalized spacial score (nSPS) is 11.3. The molecule has 0 saturated carbocycles. The molecule has 1 heterocycles.